The number of ether oxygens (including phenoxy) is 1. The van der Waals surface area contributed by atoms with E-state index < -0.39 is 0 Å². The molecule has 160 valence electrons. The standard InChI is InChI=1S/C22H30N6O2/c1-2-18(9-12-29)30-22-25-20(23)19-13-24-28(21(19)26-22)15-17-7-5-16(6-8-17)14-27-10-3-4-11-27/h5-8,13,18,29H,2-4,9-12,14-15H2,1H3,(H2,23,25,26). The zero-order chi connectivity index (χ0) is 20.9. The van der Waals surface area contributed by atoms with Gasteiger partial charge < -0.3 is 15.6 Å². The minimum atomic E-state index is -0.147. The molecule has 3 aromatic rings. The van der Waals surface area contributed by atoms with Crippen molar-refractivity contribution in [3.63, 3.8) is 0 Å². The zero-order valence-corrected chi connectivity index (χ0v) is 17.5. The van der Waals surface area contributed by atoms with Crippen molar-refractivity contribution in [1.82, 2.24) is 24.6 Å². The quantitative estimate of drug-likeness (QED) is 0.559. The largest absolute Gasteiger partial charge is 0.460 e. The Morgan fingerprint density at radius 1 is 1.10 bits per heavy atom. The van der Waals surface area contributed by atoms with Gasteiger partial charge in [-0.05, 0) is 43.5 Å². The average Bonchev–Trinajstić information content (AvgIpc) is 3.40. The summed E-state index contributed by atoms with van der Waals surface area (Å²) in [4.78, 5) is 11.3. The molecule has 0 saturated carbocycles. The van der Waals surface area contributed by atoms with Crippen molar-refractivity contribution in [3.8, 4) is 6.01 Å². The van der Waals surface area contributed by atoms with Gasteiger partial charge in [0, 0.05) is 19.6 Å². The number of nitrogens with zero attached hydrogens (tertiary/aromatic N) is 5. The molecule has 0 radical (unpaired) electrons. The molecule has 2 aromatic heterocycles. The lowest BCUT2D eigenvalue weighted by Gasteiger charge is -2.15. The molecule has 1 saturated heterocycles. The first kappa shape index (κ1) is 20.6. The number of fused-ring (bicyclic) bond motifs is 1. The van der Waals surface area contributed by atoms with Crippen LogP contribution in [0.5, 0.6) is 6.01 Å². The second-order valence-corrected chi connectivity index (χ2v) is 7.89. The summed E-state index contributed by atoms with van der Waals surface area (Å²) in [6.45, 7) is 6.06. The van der Waals surface area contributed by atoms with E-state index in [4.69, 9.17) is 10.5 Å². The number of nitrogens with two attached hydrogens (primary N) is 1. The first-order chi connectivity index (χ1) is 14.7. The molecular formula is C22H30N6O2. The van der Waals surface area contributed by atoms with E-state index in [0.717, 1.165) is 18.5 Å². The maximum absolute atomic E-state index is 9.18. The maximum Gasteiger partial charge on any atom is 0.320 e. The average molecular weight is 411 g/mol. The van der Waals surface area contributed by atoms with E-state index in [1.54, 1.807) is 6.20 Å². The van der Waals surface area contributed by atoms with Crippen LogP contribution in [0.15, 0.2) is 30.5 Å². The van der Waals surface area contributed by atoms with Gasteiger partial charge in [0.25, 0.3) is 0 Å². The van der Waals surface area contributed by atoms with Gasteiger partial charge in [-0.1, -0.05) is 31.2 Å². The normalized spacial score (nSPS) is 15.7. The Kier molecular flexibility index (Phi) is 6.44. The molecule has 3 heterocycles. The first-order valence-corrected chi connectivity index (χ1v) is 10.7. The highest BCUT2D eigenvalue weighted by Crippen LogP contribution is 2.22. The number of aliphatic hydroxyl groups is 1. The Balaban J connectivity index is 1.50. The third-order valence-electron chi connectivity index (χ3n) is 5.64. The smallest absolute Gasteiger partial charge is 0.320 e. The van der Waals surface area contributed by atoms with Crippen LogP contribution in [0.4, 0.5) is 5.82 Å². The van der Waals surface area contributed by atoms with Gasteiger partial charge in [0.05, 0.1) is 18.1 Å². The van der Waals surface area contributed by atoms with Crippen molar-refractivity contribution in [3.05, 3.63) is 41.6 Å². The van der Waals surface area contributed by atoms with Gasteiger partial charge in [-0.2, -0.15) is 15.1 Å². The van der Waals surface area contributed by atoms with E-state index in [-0.39, 0.29) is 18.7 Å². The van der Waals surface area contributed by atoms with E-state index in [1.807, 2.05) is 11.6 Å². The van der Waals surface area contributed by atoms with Crippen LogP contribution in [-0.2, 0) is 13.1 Å². The molecular weight excluding hydrogens is 380 g/mol. The van der Waals surface area contributed by atoms with Crippen LogP contribution in [-0.4, -0.2) is 55.6 Å². The fraction of sp³-hybridized carbons (Fsp3) is 0.500. The molecule has 1 unspecified atom stereocenters. The molecule has 3 N–H and O–H groups in total. The maximum atomic E-state index is 9.18. The number of aliphatic hydroxyl groups excluding tert-OH is 1. The Labute approximate surface area is 176 Å². The number of rotatable bonds is 9. The highest BCUT2D eigenvalue weighted by molar-refractivity contribution is 5.85. The first-order valence-electron chi connectivity index (χ1n) is 10.7. The Hall–Kier alpha value is -2.71. The SMILES string of the molecule is CCC(CCO)Oc1nc(N)c2cnn(Cc3ccc(CN4CCCC4)cc3)c2n1. The molecule has 0 aliphatic carbocycles. The molecule has 30 heavy (non-hydrogen) atoms. The lowest BCUT2D eigenvalue weighted by atomic mass is 10.1. The van der Waals surface area contributed by atoms with Gasteiger partial charge in [-0.25, -0.2) is 4.68 Å². The van der Waals surface area contributed by atoms with Crippen molar-refractivity contribution in [2.24, 2.45) is 0 Å². The second-order valence-electron chi connectivity index (χ2n) is 7.89. The number of benzene rings is 1. The predicted molar refractivity (Wildman–Crippen MR) is 116 cm³/mol. The highest BCUT2D eigenvalue weighted by Gasteiger charge is 2.16. The van der Waals surface area contributed by atoms with Crippen LogP contribution in [0.25, 0.3) is 11.0 Å². The van der Waals surface area contributed by atoms with Crippen LogP contribution in [0.1, 0.15) is 43.7 Å². The number of aromatic nitrogens is 4. The van der Waals surface area contributed by atoms with Crippen molar-refractivity contribution >= 4 is 16.9 Å². The van der Waals surface area contributed by atoms with Crippen molar-refractivity contribution in [2.75, 3.05) is 25.4 Å². The van der Waals surface area contributed by atoms with Crippen LogP contribution >= 0.6 is 0 Å². The van der Waals surface area contributed by atoms with E-state index in [9.17, 15) is 5.11 Å². The molecule has 1 aliphatic heterocycles. The molecule has 0 bridgehead atoms. The fourth-order valence-electron chi connectivity index (χ4n) is 3.89. The minimum Gasteiger partial charge on any atom is -0.460 e. The van der Waals surface area contributed by atoms with Gasteiger partial charge in [0.1, 0.15) is 11.9 Å². The Morgan fingerprint density at radius 2 is 1.80 bits per heavy atom. The van der Waals surface area contributed by atoms with Crippen LogP contribution in [0.2, 0.25) is 0 Å². The molecule has 1 aromatic carbocycles. The molecule has 0 spiro atoms. The number of hydrogen-bond donors (Lipinski definition) is 2. The summed E-state index contributed by atoms with van der Waals surface area (Å²) < 4.78 is 7.66. The molecule has 1 fully saturated rings. The highest BCUT2D eigenvalue weighted by atomic mass is 16.5. The van der Waals surface area contributed by atoms with Gasteiger partial charge in [-0.15, -0.1) is 0 Å². The summed E-state index contributed by atoms with van der Waals surface area (Å²) in [6, 6.07) is 8.91. The minimum absolute atomic E-state index is 0.0575. The summed E-state index contributed by atoms with van der Waals surface area (Å²) in [7, 11) is 0. The summed E-state index contributed by atoms with van der Waals surface area (Å²) >= 11 is 0. The molecule has 1 atom stereocenters. The lowest BCUT2D eigenvalue weighted by molar-refractivity contribution is 0.140. The van der Waals surface area contributed by atoms with Crippen LogP contribution < -0.4 is 10.5 Å². The summed E-state index contributed by atoms with van der Waals surface area (Å²) in [6.07, 6.45) is 5.44. The van der Waals surface area contributed by atoms with Crippen molar-refractivity contribution in [1.29, 1.82) is 0 Å². The number of nitrogen functional groups attached to an aromatic ring is 1. The number of hydrogen-bond acceptors (Lipinski definition) is 7. The van der Waals surface area contributed by atoms with Crippen molar-refractivity contribution < 1.29 is 9.84 Å². The fourth-order valence-corrected chi connectivity index (χ4v) is 3.89. The van der Waals surface area contributed by atoms with E-state index in [2.05, 4.69) is 44.2 Å². The molecule has 1 aliphatic rings. The topological polar surface area (TPSA) is 102 Å². The van der Waals surface area contributed by atoms with Gasteiger partial charge >= 0.3 is 6.01 Å². The van der Waals surface area contributed by atoms with Crippen LogP contribution in [0.3, 0.4) is 0 Å². The van der Waals surface area contributed by atoms with Crippen molar-refractivity contribution in [2.45, 2.75) is 51.8 Å². The lowest BCUT2D eigenvalue weighted by Crippen LogP contribution is -2.19. The number of likely N-dealkylation sites (tertiary alicyclic amines) is 1. The van der Waals surface area contributed by atoms with Gasteiger partial charge in [0.2, 0.25) is 0 Å². The zero-order valence-electron chi connectivity index (χ0n) is 17.5. The van der Waals surface area contributed by atoms with Gasteiger partial charge in [0.15, 0.2) is 5.65 Å². The number of anilines is 1. The van der Waals surface area contributed by atoms with E-state index in [1.165, 1.54) is 31.5 Å². The summed E-state index contributed by atoms with van der Waals surface area (Å²) in [5.74, 6) is 0.348. The van der Waals surface area contributed by atoms with Crippen LogP contribution in [0, 0.1) is 0 Å². The van der Waals surface area contributed by atoms with E-state index in [0.29, 0.717) is 29.8 Å². The Bertz CT molecular complexity index is 966. The monoisotopic (exact) mass is 410 g/mol. The van der Waals surface area contributed by atoms with E-state index >= 15 is 0 Å². The second kappa shape index (κ2) is 9.40. The summed E-state index contributed by atoms with van der Waals surface area (Å²) in [5, 5.41) is 14.4. The third-order valence-corrected chi connectivity index (χ3v) is 5.64. The molecule has 0 amide bonds. The third kappa shape index (κ3) is 4.71. The molecule has 8 nitrogen and oxygen atoms in total. The molecule has 4 rings (SSSR count). The Morgan fingerprint density at radius 3 is 2.47 bits per heavy atom. The summed E-state index contributed by atoms with van der Waals surface area (Å²) in [5.41, 5.74) is 9.25. The molecule has 8 heteroatoms. The predicted octanol–water partition coefficient (Wildman–Crippen LogP) is 2.59. The van der Waals surface area contributed by atoms with Gasteiger partial charge in [-0.3, -0.25) is 4.90 Å².